The molecule has 0 unspecified atom stereocenters. The van der Waals surface area contributed by atoms with Crippen LogP contribution in [-0.4, -0.2) is 33.4 Å². The SMILES string of the molecule is CCN(c1ccccc1)S(=O)(=O)c1cccc(C(=O)OCC(=O)N[C@H](C)c2ccccc2)c1. The smallest absolute Gasteiger partial charge is 0.338 e. The molecule has 0 fully saturated rings. The van der Waals surface area contributed by atoms with Crippen molar-refractivity contribution in [1.29, 1.82) is 0 Å². The lowest BCUT2D eigenvalue weighted by molar-refractivity contribution is -0.124. The van der Waals surface area contributed by atoms with Gasteiger partial charge in [-0.25, -0.2) is 13.2 Å². The van der Waals surface area contributed by atoms with Gasteiger partial charge in [-0.05, 0) is 49.7 Å². The van der Waals surface area contributed by atoms with Crippen molar-refractivity contribution >= 4 is 27.6 Å². The number of esters is 1. The molecule has 0 saturated carbocycles. The van der Waals surface area contributed by atoms with Crippen LogP contribution < -0.4 is 9.62 Å². The summed E-state index contributed by atoms with van der Waals surface area (Å²) >= 11 is 0. The fourth-order valence-corrected chi connectivity index (χ4v) is 4.84. The first kappa shape index (κ1) is 24.0. The molecule has 0 aromatic heterocycles. The van der Waals surface area contributed by atoms with Crippen molar-refractivity contribution in [1.82, 2.24) is 5.32 Å². The Labute approximate surface area is 194 Å². The number of anilines is 1. The lowest BCUT2D eigenvalue weighted by Crippen LogP contribution is -2.31. The van der Waals surface area contributed by atoms with E-state index in [0.717, 1.165) is 5.56 Å². The molecular formula is C25H26N2O5S. The number of nitrogens with one attached hydrogen (secondary N) is 1. The maximum absolute atomic E-state index is 13.2. The van der Waals surface area contributed by atoms with Crippen LogP contribution in [0.1, 0.15) is 35.8 Å². The molecule has 33 heavy (non-hydrogen) atoms. The zero-order valence-corrected chi connectivity index (χ0v) is 19.3. The highest BCUT2D eigenvalue weighted by atomic mass is 32.2. The van der Waals surface area contributed by atoms with Crippen LogP contribution in [0.5, 0.6) is 0 Å². The molecule has 0 saturated heterocycles. The minimum atomic E-state index is -3.89. The molecule has 3 rings (SSSR count). The van der Waals surface area contributed by atoms with Gasteiger partial charge in [0.05, 0.1) is 22.2 Å². The van der Waals surface area contributed by atoms with Crippen molar-refractivity contribution in [3.05, 3.63) is 96.1 Å². The summed E-state index contributed by atoms with van der Waals surface area (Å²) in [5.74, 6) is -1.23. The van der Waals surface area contributed by atoms with Gasteiger partial charge in [0, 0.05) is 6.54 Å². The Morgan fingerprint density at radius 3 is 2.21 bits per heavy atom. The molecule has 0 radical (unpaired) electrons. The van der Waals surface area contributed by atoms with Gasteiger partial charge >= 0.3 is 5.97 Å². The van der Waals surface area contributed by atoms with E-state index in [0.29, 0.717) is 5.69 Å². The minimum Gasteiger partial charge on any atom is -0.452 e. The standard InChI is InChI=1S/C25H26N2O5S/c1-3-27(22-14-8-5-9-15-22)33(30,31)23-16-10-13-21(17-23)25(29)32-18-24(28)26-19(2)20-11-6-4-7-12-20/h4-17,19H,3,18H2,1-2H3,(H,26,28)/t19-/m1/s1. The topological polar surface area (TPSA) is 92.8 Å². The normalized spacial score (nSPS) is 11.9. The van der Waals surface area contributed by atoms with Gasteiger partial charge in [0.15, 0.2) is 6.61 Å². The van der Waals surface area contributed by atoms with Gasteiger partial charge in [0.1, 0.15) is 0 Å². The van der Waals surface area contributed by atoms with Crippen molar-refractivity contribution < 1.29 is 22.7 Å². The van der Waals surface area contributed by atoms with Crippen molar-refractivity contribution in [3.63, 3.8) is 0 Å². The Morgan fingerprint density at radius 1 is 0.939 bits per heavy atom. The Kier molecular flexibility index (Phi) is 7.84. The summed E-state index contributed by atoms with van der Waals surface area (Å²) in [6.07, 6.45) is 0. The molecule has 8 heteroatoms. The second kappa shape index (κ2) is 10.8. The fourth-order valence-electron chi connectivity index (χ4n) is 3.32. The molecule has 0 aliphatic heterocycles. The van der Waals surface area contributed by atoms with E-state index >= 15 is 0 Å². The van der Waals surface area contributed by atoms with Gasteiger partial charge in [0.25, 0.3) is 15.9 Å². The molecule has 0 aliphatic rings. The van der Waals surface area contributed by atoms with Crippen LogP contribution in [0.3, 0.4) is 0 Å². The van der Waals surface area contributed by atoms with E-state index < -0.39 is 28.5 Å². The van der Waals surface area contributed by atoms with Crippen LogP contribution >= 0.6 is 0 Å². The summed E-state index contributed by atoms with van der Waals surface area (Å²) < 4.78 is 32.7. The van der Waals surface area contributed by atoms with Crippen LogP contribution in [0.15, 0.2) is 89.8 Å². The summed E-state index contributed by atoms with van der Waals surface area (Å²) in [7, 11) is -3.89. The third kappa shape index (κ3) is 5.98. The largest absolute Gasteiger partial charge is 0.452 e. The fraction of sp³-hybridized carbons (Fsp3) is 0.200. The van der Waals surface area contributed by atoms with Crippen LogP contribution in [0.2, 0.25) is 0 Å². The van der Waals surface area contributed by atoms with Crippen molar-refractivity contribution in [2.45, 2.75) is 24.8 Å². The quantitative estimate of drug-likeness (QED) is 0.482. The number of ether oxygens (including phenoxy) is 1. The monoisotopic (exact) mass is 466 g/mol. The Balaban J connectivity index is 1.67. The van der Waals surface area contributed by atoms with E-state index in [1.165, 1.54) is 28.6 Å². The number of hydrogen-bond donors (Lipinski definition) is 1. The number of benzene rings is 3. The van der Waals surface area contributed by atoms with Gasteiger partial charge < -0.3 is 10.1 Å². The molecular weight excluding hydrogens is 440 g/mol. The Bertz CT molecular complexity index is 1200. The van der Waals surface area contributed by atoms with Crippen molar-refractivity contribution in [3.8, 4) is 0 Å². The predicted octanol–water partition coefficient (Wildman–Crippen LogP) is 3.94. The Morgan fingerprint density at radius 2 is 1.58 bits per heavy atom. The highest BCUT2D eigenvalue weighted by Crippen LogP contribution is 2.24. The zero-order chi connectivity index (χ0) is 23.8. The molecule has 1 amide bonds. The van der Waals surface area contributed by atoms with Crippen LogP contribution in [0, 0.1) is 0 Å². The van der Waals surface area contributed by atoms with Gasteiger partial charge in [-0.15, -0.1) is 0 Å². The lowest BCUT2D eigenvalue weighted by atomic mass is 10.1. The molecule has 172 valence electrons. The highest BCUT2D eigenvalue weighted by Gasteiger charge is 2.25. The first-order valence-corrected chi connectivity index (χ1v) is 12.0. The summed E-state index contributed by atoms with van der Waals surface area (Å²) in [4.78, 5) is 24.6. The number of para-hydroxylation sites is 1. The summed E-state index contributed by atoms with van der Waals surface area (Å²) in [5, 5.41) is 2.76. The van der Waals surface area contributed by atoms with E-state index in [1.54, 1.807) is 37.3 Å². The minimum absolute atomic E-state index is 0.0372. The van der Waals surface area contributed by atoms with Gasteiger partial charge in [-0.3, -0.25) is 9.10 Å². The van der Waals surface area contributed by atoms with Gasteiger partial charge in [-0.2, -0.15) is 0 Å². The summed E-state index contributed by atoms with van der Waals surface area (Å²) in [6, 6.07) is 23.5. The number of sulfonamides is 1. The van der Waals surface area contributed by atoms with E-state index in [1.807, 2.05) is 37.3 Å². The first-order valence-electron chi connectivity index (χ1n) is 10.5. The number of carbonyl (C=O) groups is 2. The average Bonchev–Trinajstić information content (AvgIpc) is 2.84. The highest BCUT2D eigenvalue weighted by molar-refractivity contribution is 7.92. The van der Waals surface area contributed by atoms with E-state index in [-0.39, 0.29) is 23.0 Å². The molecule has 3 aromatic carbocycles. The second-order valence-electron chi connectivity index (χ2n) is 7.31. The molecule has 3 aromatic rings. The Hall–Kier alpha value is -3.65. The maximum atomic E-state index is 13.2. The summed E-state index contributed by atoms with van der Waals surface area (Å²) in [6.45, 7) is 3.31. The van der Waals surface area contributed by atoms with E-state index in [2.05, 4.69) is 5.32 Å². The number of rotatable bonds is 9. The third-order valence-electron chi connectivity index (χ3n) is 5.00. The summed E-state index contributed by atoms with van der Waals surface area (Å²) in [5.41, 5.74) is 1.50. The molecule has 0 spiro atoms. The van der Waals surface area contributed by atoms with E-state index in [4.69, 9.17) is 4.74 Å². The van der Waals surface area contributed by atoms with Crippen molar-refractivity contribution in [2.24, 2.45) is 0 Å². The first-order chi connectivity index (χ1) is 15.8. The second-order valence-corrected chi connectivity index (χ2v) is 9.17. The van der Waals surface area contributed by atoms with Crippen LogP contribution in [0.4, 0.5) is 5.69 Å². The molecule has 0 aliphatic carbocycles. The van der Waals surface area contributed by atoms with Crippen molar-refractivity contribution in [2.75, 3.05) is 17.5 Å². The number of carbonyl (C=O) groups excluding carboxylic acids is 2. The molecule has 0 heterocycles. The van der Waals surface area contributed by atoms with E-state index in [9.17, 15) is 18.0 Å². The lowest BCUT2D eigenvalue weighted by Gasteiger charge is -2.23. The maximum Gasteiger partial charge on any atom is 0.338 e. The van der Waals surface area contributed by atoms with Gasteiger partial charge in [-0.1, -0.05) is 54.6 Å². The number of amides is 1. The van der Waals surface area contributed by atoms with Gasteiger partial charge in [0.2, 0.25) is 0 Å². The van der Waals surface area contributed by atoms with Crippen LogP contribution in [-0.2, 0) is 19.6 Å². The number of hydrogen-bond acceptors (Lipinski definition) is 5. The molecule has 1 atom stereocenters. The molecule has 0 bridgehead atoms. The molecule has 1 N–H and O–H groups in total. The zero-order valence-electron chi connectivity index (χ0n) is 18.5. The number of nitrogens with zero attached hydrogens (tertiary/aromatic N) is 1. The average molecular weight is 467 g/mol. The third-order valence-corrected chi connectivity index (χ3v) is 6.90. The molecule has 7 nitrogen and oxygen atoms in total. The van der Waals surface area contributed by atoms with Crippen LogP contribution in [0.25, 0.3) is 0 Å². The predicted molar refractivity (Wildman–Crippen MR) is 126 cm³/mol.